The van der Waals surface area contributed by atoms with Crippen LogP contribution < -0.4 is 5.32 Å². The van der Waals surface area contributed by atoms with Gasteiger partial charge >= 0.3 is 0 Å². The van der Waals surface area contributed by atoms with Crippen LogP contribution in [0.3, 0.4) is 0 Å². The molecule has 2 saturated heterocycles. The van der Waals surface area contributed by atoms with Crippen molar-refractivity contribution < 1.29 is 14.4 Å². The average Bonchev–Trinajstić information content (AvgIpc) is 2.38. The summed E-state index contributed by atoms with van der Waals surface area (Å²) in [7, 11) is 0. The van der Waals surface area contributed by atoms with Crippen LogP contribution in [0, 0.1) is 0 Å². The van der Waals surface area contributed by atoms with E-state index in [1.54, 1.807) is 9.80 Å². The fourth-order valence-electron chi connectivity index (χ4n) is 2.14. The van der Waals surface area contributed by atoms with E-state index < -0.39 is 6.04 Å². The van der Waals surface area contributed by atoms with Crippen molar-refractivity contribution in [1.82, 2.24) is 15.1 Å². The Labute approximate surface area is 110 Å². The average molecular weight is 271 g/mol. The van der Waals surface area contributed by atoms with E-state index in [9.17, 15) is 14.4 Å². The fraction of sp³-hybridized carbons (Fsp3) is 0.727. The Bertz CT molecular complexity index is 367. The van der Waals surface area contributed by atoms with E-state index in [-0.39, 0.29) is 17.7 Å². The largest absolute Gasteiger partial charge is 0.343 e. The quantitative estimate of drug-likeness (QED) is 0.658. The zero-order valence-electron chi connectivity index (χ0n) is 10.3. The predicted molar refractivity (Wildman–Crippen MR) is 68.1 cm³/mol. The molecule has 6 nitrogen and oxygen atoms in total. The van der Waals surface area contributed by atoms with E-state index in [4.69, 9.17) is 0 Å². The minimum Gasteiger partial charge on any atom is -0.343 e. The molecule has 0 aliphatic carbocycles. The monoisotopic (exact) mass is 271 g/mol. The second-order valence-corrected chi connectivity index (χ2v) is 5.50. The van der Waals surface area contributed by atoms with Gasteiger partial charge in [-0.3, -0.25) is 14.4 Å². The number of carbonyl (C=O) groups is 3. The highest BCUT2D eigenvalue weighted by atomic mass is 32.2. The lowest BCUT2D eigenvalue weighted by atomic mass is 10.2. The van der Waals surface area contributed by atoms with Gasteiger partial charge in [0, 0.05) is 38.9 Å². The zero-order valence-corrected chi connectivity index (χ0v) is 11.2. The summed E-state index contributed by atoms with van der Waals surface area (Å²) >= 11 is 1.48. The Morgan fingerprint density at radius 1 is 1.22 bits per heavy atom. The summed E-state index contributed by atoms with van der Waals surface area (Å²) in [5.41, 5.74) is 0. The normalized spacial score (nSPS) is 24.7. The molecule has 1 unspecified atom stereocenters. The van der Waals surface area contributed by atoms with E-state index in [1.807, 2.05) is 0 Å². The van der Waals surface area contributed by atoms with Gasteiger partial charge in [-0.1, -0.05) is 0 Å². The third kappa shape index (κ3) is 2.95. The molecule has 3 amide bonds. The zero-order chi connectivity index (χ0) is 13.1. The summed E-state index contributed by atoms with van der Waals surface area (Å²) in [6.07, 6.45) is 0. The first-order valence-corrected chi connectivity index (χ1v) is 7.15. The van der Waals surface area contributed by atoms with Crippen molar-refractivity contribution in [2.24, 2.45) is 0 Å². The number of nitrogens with zero attached hydrogens (tertiary/aromatic N) is 2. The molecule has 0 aromatic heterocycles. The molecule has 0 aromatic rings. The standard InChI is InChI=1S/C11H17N3O3S/c1-8(15)13-2-4-14(5-3-13)11(17)9-6-18-7-10(16)12-9/h9H,2-7H2,1H3,(H,12,16). The topological polar surface area (TPSA) is 69.7 Å². The number of hydrogen-bond donors (Lipinski definition) is 1. The van der Waals surface area contributed by atoms with E-state index in [0.29, 0.717) is 37.7 Å². The van der Waals surface area contributed by atoms with E-state index in [0.717, 1.165) is 0 Å². The van der Waals surface area contributed by atoms with Crippen LogP contribution in [0.2, 0.25) is 0 Å². The van der Waals surface area contributed by atoms with Crippen molar-refractivity contribution in [3.05, 3.63) is 0 Å². The maximum absolute atomic E-state index is 12.2. The van der Waals surface area contributed by atoms with Crippen LogP contribution in [-0.4, -0.2) is 71.2 Å². The molecule has 2 fully saturated rings. The molecule has 1 atom stereocenters. The van der Waals surface area contributed by atoms with Crippen LogP contribution in [-0.2, 0) is 14.4 Å². The molecule has 0 saturated carbocycles. The highest BCUT2D eigenvalue weighted by Gasteiger charge is 2.31. The Morgan fingerprint density at radius 2 is 1.83 bits per heavy atom. The Balaban J connectivity index is 1.87. The first kappa shape index (κ1) is 13.2. The molecule has 0 bridgehead atoms. The number of thioether (sulfide) groups is 1. The summed E-state index contributed by atoms with van der Waals surface area (Å²) in [6.45, 7) is 3.80. The van der Waals surface area contributed by atoms with Crippen molar-refractivity contribution in [2.75, 3.05) is 37.7 Å². The van der Waals surface area contributed by atoms with Crippen LogP contribution in [0.5, 0.6) is 0 Å². The second-order valence-electron chi connectivity index (χ2n) is 4.47. The number of piperazine rings is 1. The maximum Gasteiger partial charge on any atom is 0.246 e. The smallest absolute Gasteiger partial charge is 0.246 e. The van der Waals surface area contributed by atoms with Gasteiger partial charge in [0.1, 0.15) is 6.04 Å². The summed E-state index contributed by atoms with van der Waals surface area (Å²) in [4.78, 5) is 38.1. The first-order valence-electron chi connectivity index (χ1n) is 5.99. The molecule has 0 spiro atoms. The van der Waals surface area contributed by atoms with Crippen molar-refractivity contribution >= 4 is 29.5 Å². The van der Waals surface area contributed by atoms with Crippen molar-refractivity contribution in [1.29, 1.82) is 0 Å². The summed E-state index contributed by atoms with van der Waals surface area (Å²) in [6, 6.07) is -0.403. The molecule has 2 aliphatic rings. The minimum absolute atomic E-state index is 0.0289. The van der Waals surface area contributed by atoms with Gasteiger partial charge in [-0.25, -0.2) is 0 Å². The third-order valence-electron chi connectivity index (χ3n) is 3.19. The number of rotatable bonds is 1. The van der Waals surface area contributed by atoms with E-state index >= 15 is 0 Å². The van der Waals surface area contributed by atoms with Gasteiger partial charge in [0.25, 0.3) is 0 Å². The lowest BCUT2D eigenvalue weighted by Crippen LogP contribution is -2.57. The molecule has 2 rings (SSSR count). The molecular formula is C11H17N3O3S. The summed E-state index contributed by atoms with van der Waals surface area (Å²) < 4.78 is 0. The second kappa shape index (κ2) is 5.60. The van der Waals surface area contributed by atoms with Gasteiger partial charge in [0.2, 0.25) is 17.7 Å². The van der Waals surface area contributed by atoms with Gasteiger partial charge in [-0.2, -0.15) is 0 Å². The van der Waals surface area contributed by atoms with Gasteiger partial charge in [-0.15, -0.1) is 11.8 Å². The van der Waals surface area contributed by atoms with E-state index in [1.165, 1.54) is 18.7 Å². The van der Waals surface area contributed by atoms with Crippen LogP contribution in [0.25, 0.3) is 0 Å². The summed E-state index contributed by atoms with van der Waals surface area (Å²) in [5, 5.41) is 2.72. The van der Waals surface area contributed by atoms with Crippen molar-refractivity contribution in [2.45, 2.75) is 13.0 Å². The first-order chi connectivity index (χ1) is 8.58. The minimum atomic E-state index is -0.403. The van der Waals surface area contributed by atoms with E-state index in [2.05, 4.69) is 5.32 Å². The Kier molecular flexibility index (Phi) is 4.11. The van der Waals surface area contributed by atoms with Crippen LogP contribution >= 0.6 is 11.8 Å². The number of hydrogen-bond acceptors (Lipinski definition) is 4. The lowest BCUT2D eigenvalue weighted by Gasteiger charge is -2.36. The summed E-state index contributed by atoms with van der Waals surface area (Å²) in [5.74, 6) is 1.01. The Morgan fingerprint density at radius 3 is 2.39 bits per heavy atom. The van der Waals surface area contributed by atoms with Gasteiger partial charge in [-0.05, 0) is 0 Å². The molecule has 18 heavy (non-hydrogen) atoms. The highest BCUT2D eigenvalue weighted by Crippen LogP contribution is 2.12. The number of amides is 3. The SMILES string of the molecule is CC(=O)N1CCN(C(=O)C2CSCC(=O)N2)CC1. The molecule has 7 heteroatoms. The van der Waals surface area contributed by atoms with Crippen LogP contribution in [0.4, 0.5) is 0 Å². The number of carbonyl (C=O) groups excluding carboxylic acids is 3. The molecule has 2 aliphatic heterocycles. The van der Waals surface area contributed by atoms with Gasteiger partial charge in [0.15, 0.2) is 0 Å². The maximum atomic E-state index is 12.2. The number of nitrogens with one attached hydrogen (secondary N) is 1. The fourth-order valence-corrected chi connectivity index (χ4v) is 2.99. The molecule has 1 N–H and O–H groups in total. The van der Waals surface area contributed by atoms with Gasteiger partial charge in [0.05, 0.1) is 5.75 Å². The van der Waals surface area contributed by atoms with Crippen LogP contribution in [0.1, 0.15) is 6.92 Å². The molecule has 2 heterocycles. The lowest BCUT2D eigenvalue weighted by molar-refractivity contribution is -0.140. The van der Waals surface area contributed by atoms with Crippen molar-refractivity contribution in [3.63, 3.8) is 0 Å². The van der Waals surface area contributed by atoms with Crippen molar-refractivity contribution in [3.8, 4) is 0 Å². The molecular weight excluding hydrogens is 254 g/mol. The molecule has 100 valence electrons. The Hall–Kier alpha value is -1.24. The highest BCUT2D eigenvalue weighted by molar-refractivity contribution is 8.00. The van der Waals surface area contributed by atoms with Crippen LogP contribution in [0.15, 0.2) is 0 Å². The van der Waals surface area contributed by atoms with Gasteiger partial charge < -0.3 is 15.1 Å². The predicted octanol–water partition coefficient (Wildman–Crippen LogP) is -1.09. The molecule has 0 aromatic carbocycles. The molecule has 0 radical (unpaired) electrons. The third-order valence-corrected chi connectivity index (χ3v) is 4.22.